The number of halogens is 2. The quantitative estimate of drug-likeness (QED) is 0.791. The molecule has 1 aliphatic carbocycles. The highest BCUT2D eigenvalue weighted by Crippen LogP contribution is 2.45. The van der Waals surface area contributed by atoms with E-state index in [2.05, 4.69) is 4.90 Å². The summed E-state index contributed by atoms with van der Waals surface area (Å²) in [7, 11) is 0. The van der Waals surface area contributed by atoms with Gasteiger partial charge in [-0.3, -0.25) is 9.69 Å². The molecule has 1 aromatic carbocycles. The molecule has 1 saturated carbocycles. The second-order valence-corrected chi connectivity index (χ2v) is 7.03. The average molecular weight is 340 g/mol. The number of nitrogens with zero attached hydrogens (tertiary/aromatic N) is 1. The monoisotopic (exact) mass is 339 g/mol. The zero-order valence-electron chi connectivity index (χ0n) is 13.2. The minimum atomic E-state index is -0.603. The van der Waals surface area contributed by atoms with Crippen molar-refractivity contribution in [3.63, 3.8) is 0 Å². The Bertz CT molecular complexity index is 582. The maximum absolute atomic E-state index is 13.5. The molecule has 2 bridgehead atoms. The molecule has 1 atom stereocenters. The third-order valence-electron chi connectivity index (χ3n) is 5.83. The fourth-order valence-electron chi connectivity index (χ4n) is 4.22. The molecule has 3 heterocycles. The van der Waals surface area contributed by atoms with Crippen LogP contribution in [0.1, 0.15) is 37.7 Å². The van der Waals surface area contributed by atoms with Gasteiger partial charge in [-0.1, -0.05) is 18.6 Å². The van der Waals surface area contributed by atoms with Crippen molar-refractivity contribution in [2.24, 2.45) is 5.92 Å². The first-order valence-electron chi connectivity index (χ1n) is 8.37. The third-order valence-corrected chi connectivity index (χ3v) is 5.83. The summed E-state index contributed by atoms with van der Waals surface area (Å²) in [5.74, 6) is 0.0982. The van der Waals surface area contributed by atoms with E-state index in [1.54, 1.807) is 6.07 Å². The van der Waals surface area contributed by atoms with Gasteiger partial charge in [0.05, 0.1) is 5.41 Å². The molecule has 4 aliphatic rings. The highest BCUT2D eigenvalue weighted by molar-refractivity contribution is 5.85. The molecule has 23 heavy (non-hydrogen) atoms. The maximum Gasteiger partial charge on any atom is 0.316 e. The summed E-state index contributed by atoms with van der Waals surface area (Å²) in [5.41, 5.74) is 0.179. The Morgan fingerprint density at radius 2 is 2.00 bits per heavy atom. The highest BCUT2D eigenvalue weighted by Gasteiger charge is 2.49. The van der Waals surface area contributed by atoms with E-state index in [1.807, 2.05) is 6.07 Å². The lowest BCUT2D eigenvalue weighted by molar-refractivity contribution is -0.169. The maximum atomic E-state index is 13.5. The first-order valence-corrected chi connectivity index (χ1v) is 8.37. The summed E-state index contributed by atoms with van der Waals surface area (Å²) in [4.78, 5) is 15.2. The van der Waals surface area contributed by atoms with Crippen molar-refractivity contribution in [2.45, 2.75) is 43.6 Å². The summed E-state index contributed by atoms with van der Waals surface area (Å²) in [6, 6.07) is 6.47. The zero-order valence-corrected chi connectivity index (χ0v) is 14.0. The van der Waals surface area contributed by atoms with Crippen LogP contribution >= 0.6 is 12.4 Å². The SMILES string of the molecule is Cl.O=C(OC1CN2CCC1CC2)C1(c2cccc(F)c2)CCC1. The van der Waals surface area contributed by atoms with Gasteiger partial charge in [0, 0.05) is 6.54 Å². The molecule has 3 aliphatic heterocycles. The molecule has 5 rings (SSSR count). The summed E-state index contributed by atoms with van der Waals surface area (Å²) in [6.45, 7) is 3.14. The van der Waals surface area contributed by atoms with Crippen LogP contribution in [0.3, 0.4) is 0 Å². The molecule has 1 unspecified atom stereocenters. The van der Waals surface area contributed by atoms with E-state index in [9.17, 15) is 9.18 Å². The molecule has 0 radical (unpaired) electrons. The van der Waals surface area contributed by atoms with Crippen LogP contribution in [-0.4, -0.2) is 36.6 Å². The summed E-state index contributed by atoms with van der Waals surface area (Å²) < 4.78 is 19.5. The number of hydrogen-bond acceptors (Lipinski definition) is 3. The predicted octanol–water partition coefficient (Wildman–Crippen LogP) is 3.31. The molecule has 3 nitrogen and oxygen atoms in total. The first-order chi connectivity index (χ1) is 10.7. The summed E-state index contributed by atoms with van der Waals surface area (Å²) >= 11 is 0. The van der Waals surface area contributed by atoms with Crippen LogP contribution in [0, 0.1) is 11.7 Å². The highest BCUT2D eigenvalue weighted by atomic mass is 35.5. The van der Waals surface area contributed by atoms with E-state index < -0.39 is 5.41 Å². The van der Waals surface area contributed by atoms with Gasteiger partial charge < -0.3 is 4.74 Å². The molecule has 0 amide bonds. The van der Waals surface area contributed by atoms with Gasteiger partial charge in [-0.2, -0.15) is 0 Å². The second-order valence-electron chi connectivity index (χ2n) is 7.03. The van der Waals surface area contributed by atoms with E-state index in [1.165, 1.54) is 12.1 Å². The minimum Gasteiger partial charge on any atom is -0.460 e. The normalized spacial score (nSPS) is 30.9. The molecule has 1 aromatic rings. The number of fused-ring (bicyclic) bond motifs is 3. The number of rotatable bonds is 3. The molecule has 0 aromatic heterocycles. The lowest BCUT2D eigenvalue weighted by Crippen LogP contribution is -2.54. The van der Waals surface area contributed by atoms with E-state index in [-0.39, 0.29) is 30.3 Å². The van der Waals surface area contributed by atoms with E-state index in [4.69, 9.17) is 4.74 Å². The van der Waals surface area contributed by atoms with Gasteiger partial charge in [0.25, 0.3) is 0 Å². The predicted molar refractivity (Wildman–Crippen MR) is 88.2 cm³/mol. The van der Waals surface area contributed by atoms with Crippen molar-refractivity contribution < 1.29 is 13.9 Å². The number of piperidine rings is 3. The van der Waals surface area contributed by atoms with E-state index >= 15 is 0 Å². The van der Waals surface area contributed by atoms with Crippen molar-refractivity contribution in [1.82, 2.24) is 4.90 Å². The standard InChI is InChI=1S/C18H22FNO2.ClH/c19-15-4-1-3-14(11-15)18(7-2-8-18)17(21)22-16-12-20-9-5-13(16)6-10-20;/h1,3-4,11,13,16H,2,5-10,12H2;1H. The fraction of sp³-hybridized carbons (Fsp3) is 0.611. The summed E-state index contributed by atoms with van der Waals surface area (Å²) in [5, 5.41) is 0. The van der Waals surface area contributed by atoms with Crippen LogP contribution in [0.4, 0.5) is 4.39 Å². The van der Waals surface area contributed by atoms with Gasteiger partial charge in [-0.15, -0.1) is 12.4 Å². The van der Waals surface area contributed by atoms with Gasteiger partial charge >= 0.3 is 5.97 Å². The average Bonchev–Trinajstić information content (AvgIpc) is 2.47. The molecular weight excluding hydrogens is 317 g/mol. The fourth-order valence-corrected chi connectivity index (χ4v) is 4.22. The molecule has 5 heteroatoms. The number of ether oxygens (including phenoxy) is 1. The Hall–Kier alpha value is -1.13. The number of hydrogen-bond donors (Lipinski definition) is 0. The van der Waals surface area contributed by atoms with Crippen LogP contribution in [0.5, 0.6) is 0 Å². The van der Waals surface area contributed by atoms with E-state index in [0.29, 0.717) is 5.92 Å². The van der Waals surface area contributed by atoms with Crippen molar-refractivity contribution in [2.75, 3.05) is 19.6 Å². The molecule has 4 fully saturated rings. The number of carbonyl (C=O) groups excluding carboxylic acids is 1. The van der Waals surface area contributed by atoms with Gasteiger partial charge in [0.1, 0.15) is 11.9 Å². The van der Waals surface area contributed by atoms with Gasteiger partial charge in [-0.25, -0.2) is 4.39 Å². The van der Waals surface area contributed by atoms with Gasteiger partial charge in [-0.05, 0) is 62.4 Å². The topological polar surface area (TPSA) is 29.5 Å². The van der Waals surface area contributed by atoms with Gasteiger partial charge in [0.15, 0.2) is 0 Å². The van der Waals surface area contributed by atoms with Crippen LogP contribution < -0.4 is 0 Å². The van der Waals surface area contributed by atoms with Crippen LogP contribution in [0.2, 0.25) is 0 Å². The number of carbonyl (C=O) groups is 1. The van der Waals surface area contributed by atoms with Crippen molar-refractivity contribution in [1.29, 1.82) is 0 Å². The van der Waals surface area contributed by atoms with Gasteiger partial charge in [0.2, 0.25) is 0 Å². The molecule has 0 N–H and O–H groups in total. The Morgan fingerprint density at radius 1 is 1.26 bits per heavy atom. The van der Waals surface area contributed by atoms with Crippen LogP contribution in [-0.2, 0) is 14.9 Å². The molecule has 0 spiro atoms. The van der Waals surface area contributed by atoms with Crippen LogP contribution in [0.15, 0.2) is 24.3 Å². The largest absolute Gasteiger partial charge is 0.460 e. The van der Waals surface area contributed by atoms with Crippen LogP contribution in [0.25, 0.3) is 0 Å². The second kappa shape index (κ2) is 6.40. The van der Waals surface area contributed by atoms with Crippen molar-refractivity contribution >= 4 is 18.4 Å². The Morgan fingerprint density at radius 3 is 2.52 bits per heavy atom. The molecule has 126 valence electrons. The third kappa shape index (κ3) is 2.87. The lowest BCUT2D eigenvalue weighted by atomic mass is 9.64. The minimum absolute atomic E-state index is 0. The number of esters is 1. The Labute approximate surface area is 142 Å². The molecule has 3 saturated heterocycles. The molecular formula is C18H23ClFNO2. The Kier molecular flexibility index (Phi) is 4.65. The summed E-state index contributed by atoms with van der Waals surface area (Å²) in [6.07, 6.45) is 4.84. The van der Waals surface area contributed by atoms with Crippen molar-refractivity contribution in [3.8, 4) is 0 Å². The number of benzene rings is 1. The smallest absolute Gasteiger partial charge is 0.316 e. The lowest BCUT2D eigenvalue weighted by Gasteiger charge is -2.46. The first kappa shape index (κ1) is 16.7. The Balaban J connectivity index is 0.00000156. The van der Waals surface area contributed by atoms with E-state index in [0.717, 1.165) is 57.3 Å². The van der Waals surface area contributed by atoms with Crippen molar-refractivity contribution in [3.05, 3.63) is 35.6 Å². The zero-order chi connectivity index (χ0) is 15.2.